The van der Waals surface area contributed by atoms with Gasteiger partial charge in [0.05, 0.1) is 6.33 Å². The lowest BCUT2D eigenvalue weighted by atomic mass is 10.1. The molecular weight excluding hydrogens is 318 g/mol. The maximum absolute atomic E-state index is 13.5. The molecule has 0 saturated carbocycles. The van der Waals surface area contributed by atoms with Crippen LogP contribution in [0.15, 0.2) is 30.9 Å². The van der Waals surface area contributed by atoms with Crippen LogP contribution >= 0.6 is 0 Å². The van der Waals surface area contributed by atoms with Gasteiger partial charge in [-0.1, -0.05) is 12.1 Å². The summed E-state index contributed by atoms with van der Waals surface area (Å²) in [5.74, 6) is 0.247. The molecular formula is C16H20F2N4O2. The van der Waals surface area contributed by atoms with Gasteiger partial charge in [0.25, 0.3) is 0 Å². The average molecular weight is 338 g/mol. The summed E-state index contributed by atoms with van der Waals surface area (Å²) in [5, 5.41) is 3.22. The zero-order valence-corrected chi connectivity index (χ0v) is 13.6. The zero-order chi connectivity index (χ0) is 17.2. The highest BCUT2D eigenvalue weighted by Gasteiger charge is 2.45. The first-order valence-corrected chi connectivity index (χ1v) is 7.66. The molecule has 0 bridgehead atoms. The van der Waals surface area contributed by atoms with Gasteiger partial charge in [-0.3, -0.25) is 0 Å². The molecule has 0 aliphatic carbocycles. The Balaban J connectivity index is 1.69. The summed E-state index contributed by atoms with van der Waals surface area (Å²) < 4.78 is 38.4. The predicted octanol–water partition coefficient (Wildman–Crippen LogP) is 2.06. The fourth-order valence-corrected chi connectivity index (χ4v) is 2.58. The minimum atomic E-state index is -3.61. The van der Waals surface area contributed by atoms with E-state index < -0.39 is 6.29 Å². The number of nitrogens with one attached hydrogen (secondary N) is 1. The monoisotopic (exact) mass is 338 g/mol. The number of halogens is 2. The Morgan fingerprint density at radius 3 is 2.58 bits per heavy atom. The van der Waals surface area contributed by atoms with Crippen molar-refractivity contribution < 1.29 is 18.3 Å². The Hall–Kier alpha value is -2.19. The molecule has 6 nitrogen and oxygen atoms in total. The lowest BCUT2D eigenvalue weighted by Gasteiger charge is -2.13. The molecule has 130 valence electrons. The Bertz CT molecular complexity index is 690. The molecule has 0 radical (unpaired) electrons. The summed E-state index contributed by atoms with van der Waals surface area (Å²) in [4.78, 5) is 5.85. The molecule has 0 unspecified atom stereocenters. The summed E-state index contributed by atoms with van der Waals surface area (Å²) in [6.45, 7) is 2.34. The van der Waals surface area contributed by atoms with Gasteiger partial charge in [0.15, 0.2) is 11.5 Å². The molecule has 1 aliphatic heterocycles. The van der Waals surface area contributed by atoms with Gasteiger partial charge in [0.2, 0.25) is 0 Å². The molecule has 2 heterocycles. The third-order valence-corrected chi connectivity index (χ3v) is 3.62. The first-order chi connectivity index (χ1) is 11.4. The number of alkyl halides is 2. The van der Waals surface area contributed by atoms with E-state index in [1.54, 1.807) is 24.7 Å². The summed E-state index contributed by atoms with van der Waals surface area (Å²) >= 11 is 0. The number of imidazole rings is 1. The summed E-state index contributed by atoms with van der Waals surface area (Å²) in [7, 11) is 3.73. The van der Waals surface area contributed by atoms with Gasteiger partial charge in [-0.05, 0) is 14.1 Å². The first kappa shape index (κ1) is 16.7. The minimum absolute atomic E-state index is 0.120. The number of benzene rings is 1. The second-order valence-electron chi connectivity index (χ2n) is 5.92. The molecule has 24 heavy (non-hydrogen) atoms. The number of rotatable bonds is 7. The number of aromatic nitrogens is 2. The van der Waals surface area contributed by atoms with Gasteiger partial charge in [-0.15, -0.1) is 8.78 Å². The van der Waals surface area contributed by atoms with Crippen molar-refractivity contribution in [2.75, 3.05) is 20.6 Å². The van der Waals surface area contributed by atoms with E-state index in [-0.39, 0.29) is 11.5 Å². The average Bonchev–Trinajstić information content (AvgIpc) is 3.11. The van der Waals surface area contributed by atoms with Crippen LogP contribution in [0.25, 0.3) is 0 Å². The summed E-state index contributed by atoms with van der Waals surface area (Å²) in [6, 6.07) is 3.60. The Labute approximate surface area is 139 Å². The number of ether oxygens (including phenoxy) is 2. The van der Waals surface area contributed by atoms with Crippen molar-refractivity contribution in [2.24, 2.45) is 0 Å². The van der Waals surface area contributed by atoms with Crippen LogP contribution in [0.1, 0.15) is 11.1 Å². The standard InChI is InChI=1S/C16H20F2N4O2/c1-21(2)10-13-4-3-12(14-15(13)24-16(17,18)23-14)9-19-5-7-22-8-6-20-11-22/h3-4,6,8,11,19H,5,7,9-10H2,1-2H3. The molecule has 1 aromatic carbocycles. The van der Waals surface area contributed by atoms with Crippen LogP contribution in [0.4, 0.5) is 8.78 Å². The van der Waals surface area contributed by atoms with Crippen LogP contribution in [0.5, 0.6) is 11.5 Å². The predicted molar refractivity (Wildman–Crippen MR) is 84.0 cm³/mol. The molecule has 1 N–H and O–H groups in total. The van der Waals surface area contributed by atoms with E-state index in [1.165, 1.54) is 0 Å². The second-order valence-corrected chi connectivity index (χ2v) is 5.92. The third-order valence-electron chi connectivity index (χ3n) is 3.62. The van der Waals surface area contributed by atoms with E-state index in [1.807, 2.05) is 29.8 Å². The molecule has 3 rings (SSSR count). The molecule has 1 aliphatic rings. The fraction of sp³-hybridized carbons (Fsp3) is 0.438. The third kappa shape index (κ3) is 3.82. The van der Waals surface area contributed by atoms with Gasteiger partial charge in [0, 0.05) is 49.7 Å². The summed E-state index contributed by atoms with van der Waals surface area (Å²) in [5.41, 5.74) is 1.32. The van der Waals surface area contributed by atoms with Crippen LogP contribution in [-0.4, -0.2) is 41.4 Å². The van der Waals surface area contributed by atoms with Crippen molar-refractivity contribution in [1.29, 1.82) is 0 Å². The van der Waals surface area contributed by atoms with Crippen molar-refractivity contribution in [3.8, 4) is 11.5 Å². The summed E-state index contributed by atoms with van der Waals surface area (Å²) in [6.07, 6.45) is 1.69. The Morgan fingerprint density at radius 2 is 1.92 bits per heavy atom. The minimum Gasteiger partial charge on any atom is -0.395 e. The molecule has 0 fully saturated rings. The highest BCUT2D eigenvalue weighted by Crippen LogP contribution is 2.46. The lowest BCUT2D eigenvalue weighted by molar-refractivity contribution is -0.287. The van der Waals surface area contributed by atoms with Gasteiger partial charge >= 0.3 is 6.29 Å². The maximum atomic E-state index is 13.5. The van der Waals surface area contributed by atoms with Gasteiger partial charge in [-0.25, -0.2) is 4.98 Å². The lowest BCUT2D eigenvalue weighted by Crippen LogP contribution is -2.26. The van der Waals surface area contributed by atoms with Crippen LogP contribution in [0, 0.1) is 0 Å². The van der Waals surface area contributed by atoms with Crippen LogP contribution in [0.3, 0.4) is 0 Å². The smallest absolute Gasteiger partial charge is 0.395 e. The van der Waals surface area contributed by atoms with E-state index in [2.05, 4.69) is 10.3 Å². The van der Waals surface area contributed by atoms with Crippen LogP contribution < -0.4 is 14.8 Å². The topological polar surface area (TPSA) is 51.6 Å². The van der Waals surface area contributed by atoms with Crippen LogP contribution in [-0.2, 0) is 19.6 Å². The highest BCUT2D eigenvalue weighted by atomic mass is 19.3. The second kappa shape index (κ2) is 6.74. The van der Waals surface area contributed by atoms with Crippen molar-refractivity contribution in [1.82, 2.24) is 19.8 Å². The largest absolute Gasteiger partial charge is 0.586 e. The van der Waals surface area contributed by atoms with E-state index in [9.17, 15) is 8.78 Å². The van der Waals surface area contributed by atoms with Crippen molar-refractivity contribution in [3.05, 3.63) is 42.0 Å². The van der Waals surface area contributed by atoms with Crippen molar-refractivity contribution in [3.63, 3.8) is 0 Å². The SMILES string of the molecule is CN(C)Cc1ccc(CNCCn2ccnc2)c2c1OC(F)(F)O2. The number of nitrogens with zero attached hydrogens (tertiary/aromatic N) is 3. The number of hydrogen-bond donors (Lipinski definition) is 1. The van der Waals surface area contributed by atoms with Crippen molar-refractivity contribution >= 4 is 0 Å². The number of hydrogen-bond acceptors (Lipinski definition) is 5. The normalized spacial score (nSPS) is 15.2. The molecule has 8 heteroatoms. The molecule has 0 amide bonds. The zero-order valence-electron chi connectivity index (χ0n) is 13.6. The highest BCUT2D eigenvalue weighted by molar-refractivity contribution is 5.54. The first-order valence-electron chi connectivity index (χ1n) is 7.66. The van der Waals surface area contributed by atoms with Crippen LogP contribution in [0.2, 0.25) is 0 Å². The maximum Gasteiger partial charge on any atom is 0.586 e. The van der Waals surface area contributed by atoms with Gasteiger partial charge in [0.1, 0.15) is 0 Å². The number of fused-ring (bicyclic) bond motifs is 1. The Morgan fingerprint density at radius 1 is 1.21 bits per heavy atom. The van der Waals surface area contributed by atoms with E-state index in [0.29, 0.717) is 30.8 Å². The van der Waals surface area contributed by atoms with Gasteiger partial charge < -0.3 is 24.3 Å². The van der Waals surface area contributed by atoms with E-state index >= 15 is 0 Å². The molecule has 0 atom stereocenters. The Kier molecular flexibility index (Phi) is 4.68. The van der Waals surface area contributed by atoms with Gasteiger partial charge in [-0.2, -0.15) is 0 Å². The van der Waals surface area contributed by atoms with E-state index in [4.69, 9.17) is 9.47 Å². The fourth-order valence-electron chi connectivity index (χ4n) is 2.58. The molecule has 0 saturated heterocycles. The molecule has 0 spiro atoms. The molecule has 2 aromatic rings. The van der Waals surface area contributed by atoms with Crippen molar-refractivity contribution in [2.45, 2.75) is 25.9 Å². The van der Waals surface area contributed by atoms with E-state index in [0.717, 1.165) is 6.54 Å². The molecule has 1 aromatic heterocycles. The quantitative estimate of drug-likeness (QED) is 0.783.